The Morgan fingerprint density at radius 3 is 2.56 bits per heavy atom. The number of halogens is 1. The Balaban J connectivity index is 2.06. The largest absolute Gasteiger partial charge is 0.395 e. The minimum Gasteiger partial charge on any atom is -0.395 e. The summed E-state index contributed by atoms with van der Waals surface area (Å²) in [6, 6.07) is 9.60. The minimum atomic E-state index is 0.0689. The molecule has 1 aromatic carbocycles. The van der Waals surface area contributed by atoms with Crippen molar-refractivity contribution < 1.29 is 5.11 Å². The smallest absolute Gasteiger partial charge is 0.135 e. The van der Waals surface area contributed by atoms with Gasteiger partial charge in [-0.25, -0.2) is 9.97 Å². The topological polar surface area (TPSA) is 70.1 Å². The number of nitrogens with one attached hydrogen (secondary N) is 2. The SMILES string of the molecule is OCCNc1cc(Nc2ccc(Br)cc2)ncn1. The van der Waals surface area contributed by atoms with Crippen molar-refractivity contribution in [3.8, 4) is 0 Å². The van der Waals surface area contributed by atoms with Crippen LogP contribution in [0.1, 0.15) is 0 Å². The molecule has 18 heavy (non-hydrogen) atoms. The lowest BCUT2D eigenvalue weighted by Crippen LogP contribution is -2.07. The van der Waals surface area contributed by atoms with Gasteiger partial charge in [-0.15, -0.1) is 0 Å². The minimum absolute atomic E-state index is 0.0689. The van der Waals surface area contributed by atoms with E-state index >= 15 is 0 Å². The summed E-state index contributed by atoms with van der Waals surface area (Å²) in [6.07, 6.45) is 1.47. The molecule has 1 heterocycles. The van der Waals surface area contributed by atoms with Gasteiger partial charge >= 0.3 is 0 Å². The maximum absolute atomic E-state index is 8.73. The molecule has 0 amide bonds. The van der Waals surface area contributed by atoms with Crippen LogP contribution in [0.15, 0.2) is 41.1 Å². The summed E-state index contributed by atoms with van der Waals surface area (Å²) < 4.78 is 1.03. The first-order chi connectivity index (χ1) is 8.78. The number of anilines is 3. The van der Waals surface area contributed by atoms with Crippen molar-refractivity contribution in [1.82, 2.24) is 9.97 Å². The highest BCUT2D eigenvalue weighted by Crippen LogP contribution is 2.18. The van der Waals surface area contributed by atoms with Crippen LogP contribution in [0.3, 0.4) is 0 Å². The number of aliphatic hydroxyl groups excluding tert-OH is 1. The van der Waals surface area contributed by atoms with Gasteiger partial charge in [-0.3, -0.25) is 0 Å². The number of benzene rings is 1. The summed E-state index contributed by atoms with van der Waals surface area (Å²) in [4.78, 5) is 8.18. The van der Waals surface area contributed by atoms with Crippen LogP contribution in [-0.4, -0.2) is 28.2 Å². The Kier molecular flexibility index (Phi) is 4.49. The zero-order valence-corrected chi connectivity index (χ0v) is 11.2. The third kappa shape index (κ3) is 3.68. The maximum Gasteiger partial charge on any atom is 0.135 e. The second-order valence-electron chi connectivity index (χ2n) is 3.57. The fourth-order valence-corrected chi connectivity index (χ4v) is 1.65. The highest BCUT2D eigenvalue weighted by molar-refractivity contribution is 9.10. The van der Waals surface area contributed by atoms with Gasteiger partial charge in [-0.1, -0.05) is 15.9 Å². The molecule has 0 spiro atoms. The molecular weight excluding hydrogens is 296 g/mol. The van der Waals surface area contributed by atoms with E-state index in [-0.39, 0.29) is 6.61 Å². The van der Waals surface area contributed by atoms with Crippen LogP contribution in [0.4, 0.5) is 17.3 Å². The molecule has 0 saturated heterocycles. The molecule has 0 aliphatic carbocycles. The van der Waals surface area contributed by atoms with Gasteiger partial charge in [0.15, 0.2) is 0 Å². The van der Waals surface area contributed by atoms with E-state index in [0.29, 0.717) is 18.2 Å². The van der Waals surface area contributed by atoms with Crippen LogP contribution < -0.4 is 10.6 Å². The molecule has 0 radical (unpaired) electrons. The number of aromatic nitrogens is 2. The monoisotopic (exact) mass is 308 g/mol. The summed E-state index contributed by atoms with van der Waals surface area (Å²) in [6.45, 7) is 0.536. The van der Waals surface area contributed by atoms with Crippen LogP contribution in [0.2, 0.25) is 0 Å². The quantitative estimate of drug-likeness (QED) is 0.791. The van der Waals surface area contributed by atoms with Gasteiger partial charge in [-0.2, -0.15) is 0 Å². The molecular formula is C12H13BrN4O. The summed E-state index contributed by atoms with van der Waals surface area (Å²) >= 11 is 3.38. The Hall–Kier alpha value is -1.66. The molecule has 2 aromatic rings. The van der Waals surface area contributed by atoms with Crippen molar-refractivity contribution >= 4 is 33.3 Å². The van der Waals surface area contributed by atoms with E-state index in [1.165, 1.54) is 6.33 Å². The highest BCUT2D eigenvalue weighted by Gasteiger charge is 1.99. The Labute approximate surface area is 113 Å². The molecule has 0 atom stereocenters. The van der Waals surface area contributed by atoms with E-state index in [4.69, 9.17) is 5.11 Å². The molecule has 5 nitrogen and oxygen atoms in total. The van der Waals surface area contributed by atoms with E-state index in [9.17, 15) is 0 Å². The van der Waals surface area contributed by atoms with E-state index in [1.807, 2.05) is 24.3 Å². The zero-order chi connectivity index (χ0) is 12.8. The predicted octanol–water partition coefficient (Wildman–Crippen LogP) is 2.39. The molecule has 6 heteroatoms. The Bertz CT molecular complexity index is 504. The van der Waals surface area contributed by atoms with Crippen molar-refractivity contribution in [2.75, 3.05) is 23.8 Å². The first kappa shape index (κ1) is 12.8. The van der Waals surface area contributed by atoms with Gasteiger partial charge in [0.25, 0.3) is 0 Å². The lowest BCUT2D eigenvalue weighted by molar-refractivity contribution is 0.311. The molecule has 0 saturated carbocycles. The molecule has 94 valence electrons. The van der Waals surface area contributed by atoms with Crippen molar-refractivity contribution in [1.29, 1.82) is 0 Å². The molecule has 0 unspecified atom stereocenters. The lowest BCUT2D eigenvalue weighted by atomic mass is 10.3. The van der Waals surface area contributed by atoms with Gasteiger partial charge in [0.2, 0.25) is 0 Å². The normalized spacial score (nSPS) is 10.1. The van der Waals surface area contributed by atoms with Crippen LogP contribution in [0.5, 0.6) is 0 Å². The number of aliphatic hydroxyl groups is 1. The molecule has 0 aliphatic heterocycles. The third-order valence-corrected chi connectivity index (χ3v) is 2.73. The molecule has 0 fully saturated rings. The molecule has 3 N–H and O–H groups in total. The van der Waals surface area contributed by atoms with Gasteiger partial charge in [0.1, 0.15) is 18.0 Å². The summed E-state index contributed by atoms with van der Waals surface area (Å²) in [5.74, 6) is 1.38. The average Bonchev–Trinajstić information content (AvgIpc) is 2.40. The first-order valence-electron chi connectivity index (χ1n) is 5.47. The van der Waals surface area contributed by atoms with Crippen LogP contribution >= 0.6 is 15.9 Å². The summed E-state index contributed by atoms with van der Waals surface area (Å²) in [7, 11) is 0. The van der Waals surface area contributed by atoms with Gasteiger partial charge in [0, 0.05) is 22.8 Å². The molecule has 1 aromatic heterocycles. The third-order valence-electron chi connectivity index (χ3n) is 2.20. The molecule has 0 aliphatic rings. The predicted molar refractivity (Wildman–Crippen MR) is 75.0 cm³/mol. The number of rotatable bonds is 5. The first-order valence-corrected chi connectivity index (χ1v) is 6.26. The lowest BCUT2D eigenvalue weighted by Gasteiger charge is -2.07. The fourth-order valence-electron chi connectivity index (χ4n) is 1.39. The fraction of sp³-hybridized carbons (Fsp3) is 0.167. The summed E-state index contributed by atoms with van der Waals surface area (Å²) in [5, 5.41) is 14.9. The summed E-state index contributed by atoms with van der Waals surface area (Å²) in [5.41, 5.74) is 0.949. The van der Waals surface area contributed by atoms with Crippen molar-refractivity contribution in [3.63, 3.8) is 0 Å². The van der Waals surface area contributed by atoms with Crippen LogP contribution in [-0.2, 0) is 0 Å². The van der Waals surface area contributed by atoms with Crippen LogP contribution in [0.25, 0.3) is 0 Å². The van der Waals surface area contributed by atoms with Crippen molar-refractivity contribution in [3.05, 3.63) is 41.1 Å². The number of hydrogen-bond donors (Lipinski definition) is 3. The van der Waals surface area contributed by atoms with Crippen molar-refractivity contribution in [2.45, 2.75) is 0 Å². The van der Waals surface area contributed by atoms with Gasteiger partial charge in [-0.05, 0) is 24.3 Å². The van der Waals surface area contributed by atoms with Crippen LogP contribution in [0, 0.1) is 0 Å². The standard InChI is InChI=1S/C12H13BrN4O/c13-9-1-3-10(4-2-9)17-12-7-11(14-5-6-18)15-8-16-12/h1-4,7-8,18H,5-6H2,(H2,14,15,16,17). The van der Waals surface area contributed by atoms with E-state index in [2.05, 4.69) is 36.5 Å². The van der Waals surface area contributed by atoms with E-state index in [0.717, 1.165) is 10.2 Å². The van der Waals surface area contributed by atoms with Gasteiger partial charge in [0.05, 0.1) is 6.61 Å². The van der Waals surface area contributed by atoms with E-state index < -0.39 is 0 Å². The Morgan fingerprint density at radius 1 is 1.11 bits per heavy atom. The number of nitrogens with zero attached hydrogens (tertiary/aromatic N) is 2. The van der Waals surface area contributed by atoms with Gasteiger partial charge < -0.3 is 15.7 Å². The zero-order valence-electron chi connectivity index (χ0n) is 9.60. The second kappa shape index (κ2) is 6.32. The maximum atomic E-state index is 8.73. The Morgan fingerprint density at radius 2 is 1.83 bits per heavy atom. The number of hydrogen-bond acceptors (Lipinski definition) is 5. The van der Waals surface area contributed by atoms with Crippen molar-refractivity contribution in [2.24, 2.45) is 0 Å². The molecule has 0 bridgehead atoms. The average molecular weight is 309 g/mol. The highest BCUT2D eigenvalue weighted by atomic mass is 79.9. The van der Waals surface area contributed by atoms with E-state index in [1.54, 1.807) is 6.07 Å². The second-order valence-corrected chi connectivity index (χ2v) is 4.49. The molecule has 2 rings (SSSR count).